The van der Waals surface area contributed by atoms with Crippen molar-refractivity contribution >= 4 is 23.4 Å². The number of nitrogens with one attached hydrogen (secondary N) is 1. The predicted octanol–water partition coefficient (Wildman–Crippen LogP) is 5.35. The van der Waals surface area contributed by atoms with Crippen LogP contribution in [0.2, 0.25) is 0 Å². The Hall–Kier alpha value is -4.20. The van der Waals surface area contributed by atoms with Gasteiger partial charge in [0.15, 0.2) is 5.82 Å². The number of nitrogens with zero attached hydrogens (tertiary/aromatic N) is 5. The van der Waals surface area contributed by atoms with E-state index in [1.165, 1.54) is 5.56 Å². The molecule has 1 N–H and O–H groups in total. The summed E-state index contributed by atoms with van der Waals surface area (Å²) in [5.74, 6) is 1.86. The Kier molecular flexibility index (Phi) is 5.02. The van der Waals surface area contributed by atoms with E-state index in [0.717, 1.165) is 47.7 Å². The minimum Gasteiger partial charge on any atom is -0.366 e. The molecule has 6 rings (SSSR count). The van der Waals surface area contributed by atoms with E-state index in [1.54, 1.807) is 6.07 Å². The molecule has 8 heteroatoms. The van der Waals surface area contributed by atoms with Crippen molar-refractivity contribution in [1.29, 1.82) is 0 Å². The first kappa shape index (κ1) is 21.3. The van der Waals surface area contributed by atoms with Crippen LogP contribution in [0.5, 0.6) is 0 Å². The van der Waals surface area contributed by atoms with Gasteiger partial charge in [-0.1, -0.05) is 35.0 Å². The van der Waals surface area contributed by atoms with Crippen molar-refractivity contribution in [2.24, 2.45) is 0 Å². The average Bonchev–Trinajstić information content (AvgIpc) is 3.42. The number of aryl methyl sites for hydroxylation is 3. The molecule has 2 aliphatic rings. The highest BCUT2D eigenvalue weighted by Gasteiger charge is 2.40. The summed E-state index contributed by atoms with van der Waals surface area (Å²) in [4.78, 5) is 27.4. The van der Waals surface area contributed by atoms with Crippen molar-refractivity contribution in [3.8, 4) is 22.5 Å². The quantitative estimate of drug-likeness (QED) is 0.438. The molecule has 0 radical (unpaired) electrons. The van der Waals surface area contributed by atoms with Crippen LogP contribution >= 0.6 is 0 Å². The Balaban J connectivity index is 1.34. The van der Waals surface area contributed by atoms with Gasteiger partial charge in [-0.15, -0.1) is 0 Å². The molecule has 1 atom stereocenters. The zero-order valence-electron chi connectivity index (χ0n) is 19.9. The fourth-order valence-corrected chi connectivity index (χ4v) is 5.10. The molecule has 0 saturated carbocycles. The SMILES string of the molecule is Cc1cccc(-c2ccc3c(n2)N(C(=O)Nc2cccc(-c4c(C)noc4C)n2)[C@H]2CCN3C2)c1. The Morgan fingerprint density at radius 3 is 2.69 bits per heavy atom. The minimum atomic E-state index is -0.227. The molecule has 1 saturated heterocycles. The van der Waals surface area contributed by atoms with Gasteiger partial charge in [-0.25, -0.2) is 14.8 Å². The van der Waals surface area contributed by atoms with Crippen LogP contribution in [-0.4, -0.2) is 40.3 Å². The maximum Gasteiger partial charge on any atom is 0.329 e. The normalized spacial score (nSPS) is 16.4. The van der Waals surface area contributed by atoms with Gasteiger partial charge in [0, 0.05) is 18.7 Å². The maximum atomic E-state index is 13.6. The largest absolute Gasteiger partial charge is 0.366 e. The standard InChI is InChI=1S/C27H26N6O2/c1-16-6-4-7-19(14-16)21-10-11-23-26(29-21)33(20-12-13-32(23)15-20)27(34)30-24-9-5-8-22(28-24)25-17(2)31-35-18(25)3/h4-11,14,20H,12-13,15H2,1-3H3,(H,28,30,34)/t20-/m0/s1. The van der Waals surface area contributed by atoms with Gasteiger partial charge in [-0.05, 0) is 57.5 Å². The number of benzene rings is 1. The van der Waals surface area contributed by atoms with Crippen LogP contribution in [0.25, 0.3) is 22.5 Å². The predicted molar refractivity (Wildman–Crippen MR) is 136 cm³/mol. The van der Waals surface area contributed by atoms with Crippen molar-refractivity contribution < 1.29 is 9.32 Å². The summed E-state index contributed by atoms with van der Waals surface area (Å²) in [6, 6.07) is 17.8. The van der Waals surface area contributed by atoms with E-state index in [-0.39, 0.29) is 12.1 Å². The summed E-state index contributed by atoms with van der Waals surface area (Å²) >= 11 is 0. The first-order valence-corrected chi connectivity index (χ1v) is 11.8. The van der Waals surface area contributed by atoms with E-state index in [4.69, 9.17) is 9.51 Å². The van der Waals surface area contributed by atoms with E-state index in [0.29, 0.717) is 23.1 Å². The van der Waals surface area contributed by atoms with Gasteiger partial charge in [-0.3, -0.25) is 10.2 Å². The van der Waals surface area contributed by atoms with Crippen LogP contribution in [0.4, 0.5) is 22.1 Å². The molecule has 5 heterocycles. The highest BCUT2D eigenvalue weighted by Crippen LogP contribution is 2.40. The molecule has 1 fully saturated rings. The molecule has 2 amide bonds. The monoisotopic (exact) mass is 466 g/mol. The second-order valence-electron chi connectivity index (χ2n) is 9.20. The van der Waals surface area contributed by atoms with Crippen molar-refractivity contribution in [3.63, 3.8) is 0 Å². The fourth-order valence-electron chi connectivity index (χ4n) is 5.10. The molecule has 8 nitrogen and oxygen atoms in total. The molecular weight excluding hydrogens is 440 g/mol. The molecule has 2 bridgehead atoms. The molecule has 0 aliphatic carbocycles. The van der Waals surface area contributed by atoms with E-state index in [2.05, 4.69) is 45.5 Å². The molecule has 176 valence electrons. The molecule has 0 spiro atoms. The van der Waals surface area contributed by atoms with Crippen molar-refractivity contribution in [1.82, 2.24) is 15.1 Å². The summed E-state index contributed by atoms with van der Waals surface area (Å²) in [5, 5.41) is 7.03. The first-order chi connectivity index (χ1) is 17.0. The number of hydrogen-bond donors (Lipinski definition) is 1. The number of anilines is 3. The lowest BCUT2D eigenvalue weighted by Gasteiger charge is -2.35. The molecular formula is C27H26N6O2. The number of fused-ring (bicyclic) bond motifs is 4. The van der Waals surface area contributed by atoms with Crippen molar-refractivity contribution in [2.45, 2.75) is 33.2 Å². The van der Waals surface area contributed by atoms with Gasteiger partial charge < -0.3 is 9.42 Å². The van der Waals surface area contributed by atoms with Gasteiger partial charge in [-0.2, -0.15) is 0 Å². The topological polar surface area (TPSA) is 87.4 Å². The number of pyridine rings is 2. The van der Waals surface area contributed by atoms with E-state index in [1.807, 2.05) is 49.1 Å². The molecule has 1 aromatic carbocycles. The smallest absolute Gasteiger partial charge is 0.329 e. The van der Waals surface area contributed by atoms with Crippen LogP contribution in [0.15, 0.2) is 59.1 Å². The third-order valence-corrected chi connectivity index (χ3v) is 6.76. The number of rotatable bonds is 3. The third-order valence-electron chi connectivity index (χ3n) is 6.76. The van der Waals surface area contributed by atoms with Crippen molar-refractivity contribution in [2.75, 3.05) is 28.2 Å². The Morgan fingerprint density at radius 2 is 1.89 bits per heavy atom. The summed E-state index contributed by atoms with van der Waals surface area (Å²) in [5.41, 5.74) is 6.38. The highest BCUT2D eigenvalue weighted by molar-refractivity contribution is 6.04. The summed E-state index contributed by atoms with van der Waals surface area (Å²) < 4.78 is 5.29. The van der Waals surface area contributed by atoms with Crippen LogP contribution in [0.3, 0.4) is 0 Å². The third kappa shape index (κ3) is 3.71. The molecule has 3 aromatic heterocycles. The zero-order valence-corrected chi connectivity index (χ0v) is 19.9. The minimum absolute atomic E-state index is 0.0634. The number of hydrogen-bond acceptors (Lipinski definition) is 6. The number of carbonyl (C=O) groups excluding carboxylic acids is 1. The van der Waals surface area contributed by atoms with Gasteiger partial charge >= 0.3 is 6.03 Å². The summed E-state index contributed by atoms with van der Waals surface area (Å²) in [6.45, 7) is 7.52. The van der Waals surface area contributed by atoms with E-state index >= 15 is 0 Å². The number of carbonyl (C=O) groups is 1. The van der Waals surface area contributed by atoms with Crippen LogP contribution in [0.1, 0.15) is 23.4 Å². The molecule has 2 aliphatic heterocycles. The Morgan fingerprint density at radius 1 is 1.03 bits per heavy atom. The van der Waals surface area contributed by atoms with E-state index < -0.39 is 0 Å². The van der Waals surface area contributed by atoms with Crippen LogP contribution < -0.4 is 15.1 Å². The zero-order chi connectivity index (χ0) is 24.1. The second-order valence-corrected chi connectivity index (χ2v) is 9.20. The lowest BCUT2D eigenvalue weighted by molar-refractivity contribution is 0.254. The fraction of sp³-hybridized carbons (Fsp3) is 0.259. The van der Waals surface area contributed by atoms with Crippen molar-refractivity contribution in [3.05, 3.63) is 71.6 Å². The number of aromatic nitrogens is 3. The highest BCUT2D eigenvalue weighted by atomic mass is 16.5. The summed E-state index contributed by atoms with van der Waals surface area (Å²) in [7, 11) is 0. The maximum absolute atomic E-state index is 13.6. The summed E-state index contributed by atoms with van der Waals surface area (Å²) in [6.07, 6.45) is 0.899. The molecule has 0 unspecified atom stereocenters. The number of amides is 2. The molecule has 4 aromatic rings. The van der Waals surface area contributed by atoms with Crippen LogP contribution in [-0.2, 0) is 0 Å². The number of urea groups is 1. The van der Waals surface area contributed by atoms with Crippen LogP contribution in [0, 0.1) is 20.8 Å². The van der Waals surface area contributed by atoms with Gasteiger partial charge in [0.1, 0.15) is 11.6 Å². The van der Waals surface area contributed by atoms with E-state index in [9.17, 15) is 4.79 Å². The molecule has 35 heavy (non-hydrogen) atoms. The lowest BCUT2D eigenvalue weighted by atomic mass is 10.1. The van der Waals surface area contributed by atoms with Gasteiger partial charge in [0.05, 0.1) is 34.4 Å². The lowest BCUT2D eigenvalue weighted by Crippen LogP contribution is -2.48. The first-order valence-electron chi connectivity index (χ1n) is 11.8. The van der Waals surface area contributed by atoms with Gasteiger partial charge in [0.25, 0.3) is 0 Å². The Labute approximate surface area is 203 Å². The Bertz CT molecular complexity index is 1430. The second kappa shape index (κ2) is 8.23. The van der Waals surface area contributed by atoms with Gasteiger partial charge in [0.2, 0.25) is 0 Å². The average molecular weight is 467 g/mol.